The number of hydrogen-bond acceptors (Lipinski definition) is 9. The Morgan fingerprint density at radius 3 is 2.58 bits per heavy atom. The number of nitro groups is 2. The summed E-state index contributed by atoms with van der Waals surface area (Å²) in [5.74, 6) is -1.59. The van der Waals surface area contributed by atoms with Crippen molar-refractivity contribution in [1.82, 2.24) is 15.2 Å². The highest BCUT2D eigenvalue weighted by Crippen LogP contribution is 2.33. The van der Waals surface area contributed by atoms with Gasteiger partial charge < -0.3 is 9.84 Å². The molecule has 0 saturated heterocycles. The highest BCUT2D eigenvalue weighted by molar-refractivity contribution is 9.10. The van der Waals surface area contributed by atoms with E-state index in [4.69, 9.17) is 4.74 Å². The number of aromatic nitrogens is 2. The fraction of sp³-hybridized carbons (Fsp3) is 0.105. The number of carbonyl (C=O) groups excluding carboxylic acids is 1. The third kappa shape index (κ3) is 5.48. The van der Waals surface area contributed by atoms with Crippen LogP contribution in [0.2, 0.25) is 0 Å². The zero-order valence-electron chi connectivity index (χ0n) is 16.8. The molecule has 1 aromatic heterocycles. The monoisotopic (exact) mass is 518 g/mol. The summed E-state index contributed by atoms with van der Waals surface area (Å²) < 4.78 is 6.99. The van der Waals surface area contributed by atoms with Crippen LogP contribution in [0.1, 0.15) is 21.6 Å². The molecule has 0 fully saturated rings. The van der Waals surface area contributed by atoms with E-state index in [1.54, 1.807) is 24.3 Å². The number of phenols is 1. The molecular weight excluding hydrogens is 504 g/mol. The van der Waals surface area contributed by atoms with Gasteiger partial charge in [-0.2, -0.15) is 10.2 Å². The lowest BCUT2D eigenvalue weighted by molar-refractivity contribution is -0.385. The van der Waals surface area contributed by atoms with Gasteiger partial charge in [-0.25, -0.2) is 5.43 Å². The van der Waals surface area contributed by atoms with Gasteiger partial charge in [-0.15, -0.1) is 0 Å². The number of nitrogens with zero attached hydrogens (tertiary/aromatic N) is 5. The van der Waals surface area contributed by atoms with Gasteiger partial charge in [-0.3, -0.25) is 29.7 Å². The lowest BCUT2D eigenvalue weighted by atomic mass is 10.2. The molecule has 0 spiro atoms. The molecule has 0 aliphatic carbocycles. The molecule has 2 aromatic carbocycles. The average Bonchev–Trinajstić information content (AvgIpc) is 3.20. The Hall–Kier alpha value is -4.33. The molecule has 3 rings (SSSR count). The van der Waals surface area contributed by atoms with E-state index in [2.05, 4.69) is 31.6 Å². The summed E-state index contributed by atoms with van der Waals surface area (Å²) >= 11 is 3.32. The van der Waals surface area contributed by atoms with Crippen molar-refractivity contribution in [1.29, 1.82) is 0 Å². The van der Waals surface area contributed by atoms with Crippen LogP contribution in [-0.2, 0) is 6.54 Å². The number of methoxy groups -OCH3 is 1. The van der Waals surface area contributed by atoms with Crippen LogP contribution in [0.15, 0.2) is 52.2 Å². The number of hydrazone groups is 1. The lowest BCUT2D eigenvalue weighted by Crippen LogP contribution is -2.19. The molecule has 3 aromatic rings. The summed E-state index contributed by atoms with van der Waals surface area (Å²) in [6.07, 6.45) is 2.06. The second kappa shape index (κ2) is 9.86. The average molecular weight is 519 g/mol. The molecule has 0 radical (unpaired) electrons. The van der Waals surface area contributed by atoms with E-state index in [0.717, 1.165) is 34.6 Å². The summed E-state index contributed by atoms with van der Waals surface area (Å²) in [7, 11) is 1.21. The number of nitrogens with one attached hydrogen (secondary N) is 1. The number of phenolic OH excluding ortho intramolecular Hbond substituents is 1. The van der Waals surface area contributed by atoms with E-state index in [-0.39, 0.29) is 23.5 Å². The van der Waals surface area contributed by atoms with E-state index < -0.39 is 32.9 Å². The van der Waals surface area contributed by atoms with Gasteiger partial charge in [-0.05, 0) is 17.7 Å². The summed E-state index contributed by atoms with van der Waals surface area (Å²) in [5, 5.41) is 40.1. The Labute approximate surface area is 193 Å². The normalized spacial score (nSPS) is 10.8. The van der Waals surface area contributed by atoms with Crippen molar-refractivity contribution in [2.75, 3.05) is 7.11 Å². The summed E-state index contributed by atoms with van der Waals surface area (Å²) in [5.41, 5.74) is 1.37. The van der Waals surface area contributed by atoms with Crippen molar-refractivity contribution in [3.05, 3.63) is 84.1 Å². The van der Waals surface area contributed by atoms with Crippen molar-refractivity contribution in [3.8, 4) is 11.5 Å². The first-order valence-electron chi connectivity index (χ1n) is 9.04. The predicted octanol–water partition coefficient (Wildman–Crippen LogP) is 2.99. The molecule has 0 bridgehead atoms. The molecule has 0 aliphatic rings. The van der Waals surface area contributed by atoms with Gasteiger partial charge in [0.05, 0.1) is 35.8 Å². The maximum absolute atomic E-state index is 12.4. The number of rotatable bonds is 8. The zero-order valence-corrected chi connectivity index (χ0v) is 18.4. The summed E-state index contributed by atoms with van der Waals surface area (Å²) in [6.45, 7) is 0.187. The Balaban J connectivity index is 1.81. The molecule has 1 amide bonds. The molecule has 1 heterocycles. The molecule has 0 unspecified atom stereocenters. The number of halogens is 1. The number of hydrogen-bond donors (Lipinski definition) is 2. The molecule has 13 nitrogen and oxygen atoms in total. The van der Waals surface area contributed by atoms with Gasteiger partial charge in [0.2, 0.25) is 5.69 Å². The molecule has 2 N–H and O–H groups in total. The second-order valence-electron chi connectivity index (χ2n) is 6.49. The first-order chi connectivity index (χ1) is 15.7. The number of benzene rings is 2. The number of ether oxygens (including phenoxy) is 1. The van der Waals surface area contributed by atoms with Gasteiger partial charge >= 0.3 is 5.69 Å². The minimum atomic E-state index is -0.982. The third-order valence-electron chi connectivity index (χ3n) is 4.30. The van der Waals surface area contributed by atoms with Crippen LogP contribution in [0.25, 0.3) is 0 Å². The van der Waals surface area contributed by atoms with Crippen molar-refractivity contribution in [3.63, 3.8) is 0 Å². The van der Waals surface area contributed by atoms with E-state index in [1.807, 2.05) is 0 Å². The zero-order chi connectivity index (χ0) is 24.1. The van der Waals surface area contributed by atoms with Crippen LogP contribution in [0, 0.1) is 20.2 Å². The topological polar surface area (TPSA) is 175 Å². The number of nitro benzene ring substituents is 1. The van der Waals surface area contributed by atoms with Gasteiger partial charge in [-0.1, -0.05) is 28.1 Å². The summed E-state index contributed by atoms with van der Waals surface area (Å²) in [6, 6.07) is 9.22. The number of non-ortho nitro benzene ring substituents is 1. The fourth-order valence-electron chi connectivity index (χ4n) is 2.75. The molecule has 14 heteroatoms. The molecule has 33 heavy (non-hydrogen) atoms. The van der Waals surface area contributed by atoms with Crippen LogP contribution in [0.4, 0.5) is 11.4 Å². The predicted molar refractivity (Wildman–Crippen MR) is 118 cm³/mol. The summed E-state index contributed by atoms with van der Waals surface area (Å²) in [4.78, 5) is 33.4. The minimum Gasteiger partial charge on any atom is -0.504 e. The number of aromatic hydroxyl groups is 1. The van der Waals surface area contributed by atoms with Crippen LogP contribution < -0.4 is 10.2 Å². The van der Waals surface area contributed by atoms with Gasteiger partial charge in [0.1, 0.15) is 6.20 Å². The quantitative estimate of drug-likeness (QED) is 0.259. The van der Waals surface area contributed by atoms with E-state index >= 15 is 0 Å². The lowest BCUT2D eigenvalue weighted by Gasteiger charge is -2.05. The maximum atomic E-state index is 12.4. The van der Waals surface area contributed by atoms with Gasteiger partial charge in [0.25, 0.3) is 11.6 Å². The van der Waals surface area contributed by atoms with E-state index in [1.165, 1.54) is 11.8 Å². The van der Waals surface area contributed by atoms with Crippen molar-refractivity contribution >= 4 is 39.4 Å². The van der Waals surface area contributed by atoms with Crippen molar-refractivity contribution in [2.45, 2.75) is 6.54 Å². The maximum Gasteiger partial charge on any atom is 0.320 e. The van der Waals surface area contributed by atoms with Crippen LogP contribution >= 0.6 is 15.9 Å². The standard InChI is InChI=1S/C19H15BrN6O7/c1-33-16-7-14(25(29)30)6-12(18(16)27)8-21-22-19(28)17-15(26(31)32)10-24(23-17)9-11-2-4-13(20)5-3-11/h2-8,10,27H,9H2,1H3,(H,22,28)/b21-8+. The van der Waals surface area contributed by atoms with Crippen molar-refractivity contribution in [2.24, 2.45) is 5.10 Å². The van der Waals surface area contributed by atoms with Crippen molar-refractivity contribution < 1.29 is 24.5 Å². The first kappa shape index (κ1) is 23.3. The Kier molecular flexibility index (Phi) is 6.97. The fourth-order valence-corrected chi connectivity index (χ4v) is 3.02. The first-order valence-corrected chi connectivity index (χ1v) is 9.84. The van der Waals surface area contributed by atoms with Gasteiger partial charge in [0, 0.05) is 16.1 Å². The van der Waals surface area contributed by atoms with E-state index in [0.29, 0.717) is 0 Å². The molecule has 0 atom stereocenters. The molecule has 0 saturated carbocycles. The van der Waals surface area contributed by atoms with E-state index in [9.17, 15) is 30.1 Å². The van der Waals surface area contributed by atoms with Gasteiger partial charge in [0.15, 0.2) is 11.5 Å². The highest BCUT2D eigenvalue weighted by atomic mass is 79.9. The van der Waals surface area contributed by atoms with Crippen LogP contribution in [0.5, 0.6) is 11.5 Å². The number of carbonyl (C=O) groups is 1. The molecule has 0 aliphatic heterocycles. The third-order valence-corrected chi connectivity index (χ3v) is 4.83. The molecule has 170 valence electrons. The Morgan fingerprint density at radius 1 is 1.27 bits per heavy atom. The largest absolute Gasteiger partial charge is 0.504 e. The smallest absolute Gasteiger partial charge is 0.320 e. The Bertz CT molecular complexity index is 1260. The Morgan fingerprint density at radius 2 is 1.97 bits per heavy atom. The minimum absolute atomic E-state index is 0.114. The highest BCUT2D eigenvalue weighted by Gasteiger charge is 2.25. The number of amides is 1. The van der Waals surface area contributed by atoms with Crippen LogP contribution in [-0.4, -0.2) is 44.0 Å². The van der Waals surface area contributed by atoms with Crippen LogP contribution in [0.3, 0.4) is 0 Å². The second-order valence-corrected chi connectivity index (χ2v) is 7.40. The SMILES string of the molecule is COc1cc([N+](=O)[O-])cc(/C=N/NC(=O)c2nn(Cc3ccc(Br)cc3)cc2[N+](=O)[O-])c1O. The molecular formula is C19H15BrN6O7.